The minimum atomic E-state index is 0. The Morgan fingerprint density at radius 1 is 1.23 bits per heavy atom. The van der Waals surface area contributed by atoms with Gasteiger partial charge < -0.3 is 14.4 Å². The molecular formula is C22H26NO2Y-. The van der Waals surface area contributed by atoms with E-state index < -0.39 is 0 Å². The molecule has 4 atom stereocenters. The van der Waals surface area contributed by atoms with Crippen LogP contribution in [0.2, 0.25) is 0 Å². The summed E-state index contributed by atoms with van der Waals surface area (Å²) in [6.07, 6.45) is 8.94. The van der Waals surface area contributed by atoms with Crippen molar-refractivity contribution in [3.05, 3.63) is 65.4 Å². The first-order chi connectivity index (χ1) is 12.2. The summed E-state index contributed by atoms with van der Waals surface area (Å²) in [5, 5.41) is 9.64. The van der Waals surface area contributed by atoms with Crippen molar-refractivity contribution >= 4 is 0 Å². The monoisotopic (exact) mass is 425 g/mol. The third kappa shape index (κ3) is 5.44. The summed E-state index contributed by atoms with van der Waals surface area (Å²) < 4.78 is 5.31. The number of rotatable bonds is 7. The molecule has 1 aromatic heterocycles. The molecule has 1 aliphatic carbocycles. The number of aromatic hydroxyl groups is 1. The zero-order valence-electron chi connectivity index (χ0n) is 15.4. The molecule has 1 fully saturated rings. The van der Waals surface area contributed by atoms with Crippen molar-refractivity contribution in [2.45, 2.75) is 51.5 Å². The predicted octanol–water partition coefficient (Wildman–Crippen LogP) is 5.30. The summed E-state index contributed by atoms with van der Waals surface area (Å²) >= 11 is 0. The maximum Gasteiger partial charge on any atom is 0.227 e. The third-order valence-corrected chi connectivity index (χ3v) is 5.72. The molecule has 0 aliphatic heterocycles. The molecular weight excluding hydrogens is 399 g/mol. The quantitative estimate of drug-likeness (QED) is 0.612. The van der Waals surface area contributed by atoms with Crippen molar-refractivity contribution in [3.8, 4) is 5.75 Å². The summed E-state index contributed by atoms with van der Waals surface area (Å²) in [7, 11) is 0. The van der Waals surface area contributed by atoms with E-state index in [1.807, 2.05) is 24.3 Å². The van der Waals surface area contributed by atoms with E-state index in [9.17, 15) is 5.11 Å². The number of phenolic OH excluding ortho intramolecular Hbond substituents is 1. The molecule has 26 heavy (non-hydrogen) atoms. The molecule has 0 saturated heterocycles. The first-order valence-corrected chi connectivity index (χ1v) is 9.26. The van der Waals surface area contributed by atoms with Gasteiger partial charge >= 0.3 is 0 Å². The zero-order valence-corrected chi connectivity index (χ0v) is 18.2. The van der Waals surface area contributed by atoms with Gasteiger partial charge in [-0.15, -0.1) is 6.07 Å². The van der Waals surface area contributed by atoms with Gasteiger partial charge in [-0.05, 0) is 48.6 Å². The fourth-order valence-corrected chi connectivity index (χ4v) is 4.45. The largest absolute Gasteiger partial charge is 0.596 e. The topological polar surface area (TPSA) is 37.7 Å². The van der Waals surface area contributed by atoms with Gasteiger partial charge in [0.15, 0.2) is 0 Å². The van der Waals surface area contributed by atoms with Crippen molar-refractivity contribution in [2.75, 3.05) is 0 Å². The van der Waals surface area contributed by atoms with E-state index in [1.54, 1.807) is 6.07 Å². The number of aryl methyl sites for hydroxylation is 2. The maximum atomic E-state index is 9.64. The normalized spacial score (nSPS) is 24.8. The van der Waals surface area contributed by atoms with Crippen molar-refractivity contribution in [1.82, 2.24) is 0 Å². The van der Waals surface area contributed by atoms with Crippen molar-refractivity contribution in [1.29, 1.82) is 0 Å². The zero-order chi connectivity index (χ0) is 17.6. The molecule has 1 aromatic carbocycles. The van der Waals surface area contributed by atoms with Crippen LogP contribution in [0.3, 0.4) is 0 Å². The molecule has 135 valence electrons. The molecule has 2 unspecified atom stereocenters. The molecule has 1 saturated carbocycles. The number of benzene rings is 1. The van der Waals surface area contributed by atoms with Gasteiger partial charge in [-0.2, -0.15) is 6.07 Å². The Hall–Kier alpha value is -1.11. The van der Waals surface area contributed by atoms with Gasteiger partial charge in [0.2, 0.25) is 6.04 Å². The van der Waals surface area contributed by atoms with Gasteiger partial charge in [-0.1, -0.05) is 44.1 Å². The van der Waals surface area contributed by atoms with E-state index in [0.29, 0.717) is 23.5 Å². The predicted molar refractivity (Wildman–Crippen MR) is 98.1 cm³/mol. The molecule has 3 rings (SSSR count). The van der Waals surface area contributed by atoms with Crippen molar-refractivity contribution < 1.29 is 42.2 Å². The van der Waals surface area contributed by atoms with Crippen LogP contribution in [0.1, 0.15) is 43.9 Å². The Balaban J connectivity index is 0.00000243. The maximum absolute atomic E-state index is 9.64. The van der Waals surface area contributed by atoms with Crippen LogP contribution in [0.15, 0.2) is 40.8 Å². The minimum absolute atomic E-state index is 0. The first-order valence-electron chi connectivity index (χ1n) is 9.26. The Bertz CT molecular complexity index is 707. The number of furan rings is 1. The SMILES string of the molecule is [C-]#[N+]C1CC(C)[C@H](CCCc2cc[c-]o2)[C@H]1CCc1cccc(O)c1.[Y]. The van der Waals surface area contributed by atoms with E-state index in [-0.39, 0.29) is 38.8 Å². The molecule has 0 spiro atoms. The molecule has 1 radical (unpaired) electrons. The van der Waals surface area contributed by atoms with Gasteiger partial charge in [0, 0.05) is 45.0 Å². The van der Waals surface area contributed by atoms with Crippen LogP contribution in [0.5, 0.6) is 5.75 Å². The Labute approximate surface area is 181 Å². The van der Waals surface area contributed by atoms with Gasteiger partial charge in [-0.25, -0.2) is 6.57 Å². The van der Waals surface area contributed by atoms with E-state index in [1.165, 1.54) is 0 Å². The summed E-state index contributed by atoms with van der Waals surface area (Å²) in [5.74, 6) is 3.00. The van der Waals surface area contributed by atoms with Crippen molar-refractivity contribution in [3.63, 3.8) is 0 Å². The summed E-state index contributed by atoms with van der Waals surface area (Å²) in [6, 6.07) is 11.5. The molecule has 1 aliphatic rings. The second-order valence-corrected chi connectivity index (χ2v) is 7.36. The minimum Gasteiger partial charge on any atom is -0.596 e. The van der Waals surface area contributed by atoms with Gasteiger partial charge in [-0.3, -0.25) is 0 Å². The number of nitrogens with zero attached hydrogens (tertiary/aromatic N) is 1. The summed E-state index contributed by atoms with van der Waals surface area (Å²) in [6.45, 7) is 9.89. The van der Waals surface area contributed by atoms with Crippen LogP contribution in [-0.2, 0) is 45.6 Å². The number of phenols is 1. The van der Waals surface area contributed by atoms with Crippen LogP contribution < -0.4 is 0 Å². The van der Waals surface area contributed by atoms with Gasteiger partial charge in [0.1, 0.15) is 5.75 Å². The molecule has 3 nitrogen and oxygen atoms in total. The van der Waals surface area contributed by atoms with Gasteiger partial charge in [0.05, 0.1) is 0 Å². The van der Waals surface area contributed by atoms with Crippen LogP contribution in [0.25, 0.3) is 4.85 Å². The number of hydrogen-bond donors (Lipinski definition) is 1. The van der Waals surface area contributed by atoms with E-state index in [2.05, 4.69) is 24.1 Å². The average molecular weight is 425 g/mol. The fourth-order valence-electron chi connectivity index (χ4n) is 4.45. The number of hydrogen-bond acceptors (Lipinski definition) is 2. The molecule has 0 amide bonds. The van der Waals surface area contributed by atoms with Crippen molar-refractivity contribution in [2.24, 2.45) is 17.8 Å². The van der Waals surface area contributed by atoms with Gasteiger partial charge in [0.25, 0.3) is 0 Å². The smallest absolute Gasteiger partial charge is 0.227 e. The second-order valence-electron chi connectivity index (χ2n) is 7.36. The van der Waals surface area contributed by atoms with Crippen LogP contribution in [0.4, 0.5) is 0 Å². The Kier molecular flexibility index (Phi) is 8.39. The summed E-state index contributed by atoms with van der Waals surface area (Å²) in [5.41, 5.74) is 1.16. The first kappa shape index (κ1) is 21.2. The Morgan fingerprint density at radius 2 is 2.08 bits per heavy atom. The molecule has 1 N–H and O–H groups in total. The molecule has 2 aromatic rings. The standard InChI is InChI=1S/C22H26NO2.Y/c1-16-14-22(23-2)21(12-11-17-6-3-7-18(24)15-17)20(16)10-4-8-19-9-5-13-25-19;/h3,5-7,9,15-16,20-22,24H,4,8,10-12,14H2,1H3;/q-1;/t16?,20-,21+,22?;/m0./s1. The van der Waals surface area contributed by atoms with Crippen LogP contribution in [-0.4, -0.2) is 11.1 Å². The van der Waals surface area contributed by atoms with E-state index in [4.69, 9.17) is 11.0 Å². The van der Waals surface area contributed by atoms with E-state index >= 15 is 0 Å². The molecule has 4 heteroatoms. The Morgan fingerprint density at radius 3 is 2.77 bits per heavy atom. The second kappa shape index (κ2) is 10.3. The summed E-state index contributed by atoms with van der Waals surface area (Å²) in [4.78, 5) is 3.93. The molecule has 1 heterocycles. The molecule has 0 bridgehead atoms. The van der Waals surface area contributed by atoms with E-state index in [0.717, 1.165) is 49.8 Å². The average Bonchev–Trinajstić information content (AvgIpc) is 3.22. The fraction of sp³-hybridized carbons (Fsp3) is 0.500. The third-order valence-electron chi connectivity index (χ3n) is 5.72. The van der Waals surface area contributed by atoms with Crippen LogP contribution in [0, 0.1) is 30.6 Å². The van der Waals surface area contributed by atoms with Crippen LogP contribution >= 0.6 is 0 Å².